The highest BCUT2D eigenvalue weighted by Crippen LogP contribution is 2.25. The van der Waals surface area contributed by atoms with E-state index < -0.39 is 0 Å². The molecule has 0 aliphatic rings. The Bertz CT molecular complexity index is 556. The molecule has 0 amide bonds. The van der Waals surface area contributed by atoms with Gasteiger partial charge in [0.05, 0.1) is 23.7 Å². The Balaban J connectivity index is 2.70. The topological polar surface area (TPSA) is 60.7 Å². The predicted molar refractivity (Wildman–Crippen MR) is 53.6 cm³/mol. The number of nitrogens with zero attached hydrogens (tertiary/aromatic N) is 2. The molecule has 0 N–H and O–H groups in total. The van der Waals surface area contributed by atoms with Crippen LogP contribution < -0.4 is 0 Å². The highest BCUT2D eigenvalue weighted by molar-refractivity contribution is 5.72. The zero-order valence-corrected chi connectivity index (χ0v) is 7.77. The zero-order valence-electron chi connectivity index (χ0n) is 7.77. The smallest absolute Gasteiger partial charge is 0.101 e. The van der Waals surface area contributed by atoms with E-state index in [2.05, 4.69) is 0 Å². The van der Waals surface area contributed by atoms with Gasteiger partial charge in [-0.25, -0.2) is 0 Å². The minimum absolute atomic E-state index is 0.385. The van der Waals surface area contributed by atoms with Gasteiger partial charge in [-0.3, -0.25) is 0 Å². The molecule has 0 fully saturated rings. The number of hydrogen-bond acceptors (Lipinski definition) is 3. The Morgan fingerprint density at radius 3 is 2.53 bits per heavy atom. The molecule has 3 nitrogen and oxygen atoms in total. The molecule has 70 valence electrons. The fourth-order valence-corrected chi connectivity index (χ4v) is 1.42. The lowest BCUT2D eigenvalue weighted by Crippen LogP contribution is -1.87. The van der Waals surface area contributed by atoms with Gasteiger partial charge in [-0.15, -0.1) is 0 Å². The molecule has 0 unspecified atom stereocenters. The highest BCUT2D eigenvalue weighted by Gasteiger charge is 2.09. The van der Waals surface area contributed by atoms with Crippen LogP contribution in [0.3, 0.4) is 0 Å². The lowest BCUT2D eigenvalue weighted by atomic mass is 9.99. The van der Waals surface area contributed by atoms with E-state index in [1.54, 1.807) is 30.5 Å². The SMILES string of the molecule is N#Cc1cccc(-c2ccoc2)c1C#N. The van der Waals surface area contributed by atoms with Gasteiger partial charge in [-0.1, -0.05) is 12.1 Å². The van der Waals surface area contributed by atoms with Crippen molar-refractivity contribution >= 4 is 0 Å². The van der Waals surface area contributed by atoms with Crippen molar-refractivity contribution in [2.75, 3.05) is 0 Å². The van der Waals surface area contributed by atoms with E-state index in [0.29, 0.717) is 11.1 Å². The van der Waals surface area contributed by atoms with Gasteiger partial charge in [0.15, 0.2) is 0 Å². The molecule has 2 aromatic rings. The van der Waals surface area contributed by atoms with Gasteiger partial charge in [0.2, 0.25) is 0 Å². The first-order chi connectivity index (χ1) is 7.36. The van der Waals surface area contributed by atoms with Crippen LogP contribution in [0.2, 0.25) is 0 Å². The molecule has 0 aliphatic heterocycles. The average Bonchev–Trinajstić information content (AvgIpc) is 2.81. The molecule has 0 bridgehead atoms. The van der Waals surface area contributed by atoms with Crippen molar-refractivity contribution < 1.29 is 4.42 Å². The number of furan rings is 1. The van der Waals surface area contributed by atoms with Crippen molar-refractivity contribution in [2.24, 2.45) is 0 Å². The summed E-state index contributed by atoms with van der Waals surface area (Å²) < 4.78 is 4.95. The predicted octanol–water partition coefficient (Wildman–Crippen LogP) is 2.69. The second kappa shape index (κ2) is 3.69. The molecular formula is C12H6N2O. The molecule has 0 atom stereocenters. The summed E-state index contributed by atoms with van der Waals surface area (Å²) in [6, 6.07) is 11.0. The van der Waals surface area contributed by atoms with E-state index in [1.165, 1.54) is 6.26 Å². The molecule has 0 saturated heterocycles. The molecule has 0 saturated carbocycles. The second-order valence-electron chi connectivity index (χ2n) is 2.96. The fraction of sp³-hybridized carbons (Fsp3) is 0. The van der Waals surface area contributed by atoms with Crippen LogP contribution in [0.25, 0.3) is 11.1 Å². The van der Waals surface area contributed by atoms with Crippen molar-refractivity contribution in [3.63, 3.8) is 0 Å². The minimum Gasteiger partial charge on any atom is -0.472 e. The standard InChI is InChI=1S/C12H6N2O/c13-6-9-2-1-3-11(12(9)7-14)10-4-5-15-8-10/h1-5,8H. The maximum atomic E-state index is 9.00. The van der Waals surface area contributed by atoms with Crippen molar-refractivity contribution in [2.45, 2.75) is 0 Å². The Morgan fingerprint density at radius 1 is 1.07 bits per heavy atom. The summed E-state index contributed by atoms with van der Waals surface area (Å²) in [5, 5.41) is 17.8. The summed E-state index contributed by atoms with van der Waals surface area (Å²) in [4.78, 5) is 0. The third kappa shape index (κ3) is 1.47. The molecule has 1 aromatic heterocycles. The van der Waals surface area contributed by atoms with Gasteiger partial charge >= 0.3 is 0 Å². The van der Waals surface area contributed by atoms with Gasteiger partial charge < -0.3 is 4.42 Å². The quantitative estimate of drug-likeness (QED) is 0.701. The van der Waals surface area contributed by atoms with Crippen molar-refractivity contribution in [1.82, 2.24) is 0 Å². The summed E-state index contributed by atoms with van der Waals surface area (Å²) in [6.07, 6.45) is 3.09. The van der Waals surface area contributed by atoms with E-state index in [4.69, 9.17) is 14.9 Å². The summed E-state index contributed by atoms with van der Waals surface area (Å²) in [5.41, 5.74) is 2.31. The highest BCUT2D eigenvalue weighted by atomic mass is 16.3. The average molecular weight is 194 g/mol. The number of hydrogen-bond donors (Lipinski definition) is 0. The first kappa shape index (κ1) is 9.05. The normalized spacial score (nSPS) is 9.20. The van der Waals surface area contributed by atoms with E-state index >= 15 is 0 Å². The Labute approximate surface area is 86.8 Å². The third-order valence-electron chi connectivity index (χ3n) is 2.13. The molecule has 1 aromatic carbocycles. The van der Waals surface area contributed by atoms with Crippen LogP contribution >= 0.6 is 0 Å². The number of benzene rings is 1. The van der Waals surface area contributed by atoms with Crippen molar-refractivity contribution in [3.8, 4) is 23.3 Å². The summed E-state index contributed by atoms with van der Waals surface area (Å²) in [6.45, 7) is 0. The van der Waals surface area contributed by atoms with Gasteiger partial charge in [0.1, 0.15) is 12.1 Å². The van der Waals surface area contributed by atoms with Crippen LogP contribution in [0.4, 0.5) is 0 Å². The minimum atomic E-state index is 0.385. The second-order valence-corrected chi connectivity index (χ2v) is 2.96. The van der Waals surface area contributed by atoms with Crippen LogP contribution in [0.5, 0.6) is 0 Å². The van der Waals surface area contributed by atoms with E-state index in [0.717, 1.165) is 11.1 Å². The zero-order chi connectivity index (χ0) is 10.7. The molecule has 0 aliphatic carbocycles. The summed E-state index contributed by atoms with van der Waals surface area (Å²) >= 11 is 0. The maximum absolute atomic E-state index is 9.00. The Morgan fingerprint density at radius 2 is 1.93 bits per heavy atom. The molecule has 2 rings (SSSR count). The van der Waals surface area contributed by atoms with Gasteiger partial charge in [-0.2, -0.15) is 10.5 Å². The van der Waals surface area contributed by atoms with E-state index in [-0.39, 0.29) is 0 Å². The lowest BCUT2D eigenvalue weighted by molar-refractivity contribution is 0.568. The molecule has 15 heavy (non-hydrogen) atoms. The molecule has 3 heteroatoms. The van der Waals surface area contributed by atoms with Crippen molar-refractivity contribution in [3.05, 3.63) is 47.9 Å². The van der Waals surface area contributed by atoms with Crippen LogP contribution in [-0.2, 0) is 0 Å². The number of nitriles is 2. The lowest BCUT2D eigenvalue weighted by Gasteiger charge is -2.01. The molecular weight excluding hydrogens is 188 g/mol. The monoisotopic (exact) mass is 194 g/mol. The Kier molecular flexibility index (Phi) is 2.23. The van der Waals surface area contributed by atoms with Gasteiger partial charge in [0, 0.05) is 11.1 Å². The molecule has 0 radical (unpaired) electrons. The van der Waals surface area contributed by atoms with Crippen LogP contribution in [0, 0.1) is 22.7 Å². The third-order valence-corrected chi connectivity index (χ3v) is 2.13. The molecule has 0 spiro atoms. The van der Waals surface area contributed by atoms with E-state index in [1.807, 2.05) is 12.1 Å². The maximum Gasteiger partial charge on any atom is 0.101 e. The summed E-state index contributed by atoms with van der Waals surface area (Å²) in [7, 11) is 0. The van der Waals surface area contributed by atoms with Crippen LogP contribution in [0.15, 0.2) is 41.2 Å². The number of rotatable bonds is 1. The van der Waals surface area contributed by atoms with Gasteiger partial charge in [0.25, 0.3) is 0 Å². The summed E-state index contributed by atoms with van der Waals surface area (Å²) in [5.74, 6) is 0. The molecule has 1 heterocycles. The van der Waals surface area contributed by atoms with Gasteiger partial charge in [-0.05, 0) is 12.1 Å². The fourth-order valence-electron chi connectivity index (χ4n) is 1.42. The van der Waals surface area contributed by atoms with E-state index in [9.17, 15) is 0 Å². The largest absolute Gasteiger partial charge is 0.472 e. The Hall–Kier alpha value is -2.52. The van der Waals surface area contributed by atoms with Crippen LogP contribution in [0.1, 0.15) is 11.1 Å². The van der Waals surface area contributed by atoms with Crippen LogP contribution in [-0.4, -0.2) is 0 Å². The van der Waals surface area contributed by atoms with Crippen molar-refractivity contribution in [1.29, 1.82) is 10.5 Å². The first-order valence-corrected chi connectivity index (χ1v) is 4.32. The first-order valence-electron chi connectivity index (χ1n) is 4.32.